The molecule has 2 rings (SSSR count). The number of nitrogens with zero attached hydrogens (tertiary/aromatic N) is 3. The third-order valence-electron chi connectivity index (χ3n) is 2.85. The van der Waals surface area contributed by atoms with Crippen LogP contribution in [0.5, 0.6) is 0 Å². The average Bonchev–Trinajstić information content (AvgIpc) is 2.80. The van der Waals surface area contributed by atoms with Crippen molar-refractivity contribution in [1.82, 2.24) is 9.38 Å². The molecule has 0 aliphatic heterocycles. The lowest BCUT2D eigenvalue weighted by Crippen LogP contribution is -2.25. The van der Waals surface area contributed by atoms with Gasteiger partial charge in [-0.2, -0.15) is 13.2 Å². The predicted octanol–water partition coefficient (Wildman–Crippen LogP) is 3.31. The van der Waals surface area contributed by atoms with Gasteiger partial charge >= 0.3 is 6.18 Å². The number of allylic oxidation sites excluding steroid dienone is 2. The molecule has 2 heterocycles. The Kier molecular flexibility index (Phi) is 3.84. The second kappa shape index (κ2) is 5.43. The molecule has 2 N–H and O–H groups in total. The summed E-state index contributed by atoms with van der Waals surface area (Å²) in [5.74, 6) is 0.121. The predicted molar refractivity (Wildman–Crippen MR) is 75.5 cm³/mol. The Morgan fingerprint density at radius 3 is 2.71 bits per heavy atom. The summed E-state index contributed by atoms with van der Waals surface area (Å²) in [5, 5.41) is 0. The van der Waals surface area contributed by atoms with Crippen molar-refractivity contribution in [2.75, 3.05) is 0 Å². The minimum absolute atomic E-state index is 0.121. The maximum Gasteiger partial charge on any atom is 0.434 e. The molecule has 0 atom stereocenters. The molecule has 0 saturated heterocycles. The summed E-state index contributed by atoms with van der Waals surface area (Å²) in [4.78, 5) is 7.81. The highest BCUT2D eigenvalue weighted by Gasteiger charge is 2.37. The lowest BCUT2D eigenvalue weighted by Gasteiger charge is -2.12. The number of halogens is 3. The Morgan fingerprint density at radius 1 is 1.43 bits per heavy atom. The molecule has 2 aromatic rings. The minimum Gasteiger partial charge on any atom is -0.404 e. The first kappa shape index (κ1) is 14.8. The van der Waals surface area contributed by atoms with Crippen LogP contribution < -0.4 is 5.73 Å². The van der Waals surface area contributed by atoms with E-state index < -0.39 is 11.9 Å². The summed E-state index contributed by atoms with van der Waals surface area (Å²) in [7, 11) is 0. The first-order valence-corrected chi connectivity index (χ1v) is 6.02. The lowest BCUT2D eigenvalue weighted by atomic mass is 10.1. The van der Waals surface area contributed by atoms with E-state index in [2.05, 4.69) is 16.6 Å². The minimum atomic E-state index is -4.64. The quantitative estimate of drug-likeness (QED) is 0.697. The van der Waals surface area contributed by atoms with E-state index in [0.717, 1.165) is 12.3 Å². The maximum absolute atomic E-state index is 13.2. The van der Waals surface area contributed by atoms with Gasteiger partial charge in [-0.15, -0.1) is 0 Å². The number of nitrogens with two attached hydrogens (primary N) is 1. The zero-order valence-electron chi connectivity index (χ0n) is 11.2. The monoisotopic (exact) mass is 294 g/mol. The summed E-state index contributed by atoms with van der Waals surface area (Å²) in [5.41, 5.74) is 5.05. The van der Waals surface area contributed by atoms with Crippen LogP contribution in [0.15, 0.2) is 53.8 Å². The molecule has 7 heteroatoms. The van der Waals surface area contributed by atoms with E-state index in [9.17, 15) is 13.2 Å². The number of pyridine rings is 1. The summed E-state index contributed by atoms with van der Waals surface area (Å²) < 4.78 is 41.0. The van der Waals surface area contributed by atoms with Gasteiger partial charge in [-0.3, -0.25) is 4.40 Å². The Hall–Kier alpha value is -2.57. The number of alkyl halides is 3. The lowest BCUT2D eigenvalue weighted by molar-refractivity contribution is -0.0580. The molecule has 0 aromatic carbocycles. The molecule has 21 heavy (non-hydrogen) atoms. The van der Waals surface area contributed by atoms with Crippen molar-refractivity contribution in [3.63, 3.8) is 0 Å². The third kappa shape index (κ3) is 2.81. The normalized spacial score (nSPS) is 13.7. The summed E-state index contributed by atoms with van der Waals surface area (Å²) >= 11 is 0. The number of imidazole rings is 1. The fourth-order valence-electron chi connectivity index (χ4n) is 1.90. The van der Waals surface area contributed by atoms with Crippen molar-refractivity contribution >= 4 is 17.2 Å². The first-order valence-electron chi connectivity index (χ1n) is 6.02. The van der Waals surface area contributed by atoms with E-state index in [1.54, 1.807) is 25.3 Å². The van der Waals surface area contributed by atoms with Gasteiger partial charge in [0.05, 0.1) is 0 Å². The van der Waals surface area contributed by atoms with Gasteiger partial charge in [0.1, 0.15) is 11.5 Å². The van der Waals surface area contributed by atoms with Crippen LogP contribution in [0.3, 0.4) is 0 Å². The van der Waals surface area contributed by atoms with Crippen LogP contribution in [0.25, 0.3) is 5.65 Å². The summed E-state index contributed by atoms with van der Waals surface area (Å²) in [6.45, 7) is 5.07. The van der Waals surface area contributed by atoms with Crippen molar-refractivity contribution < 1.29 is 13.2 Å². The van der Waals surface area contributed by atoms with Gasteiger partial charge in [0, 0.05) is 23.7 Å². The molecule has 0 amide bonds. The second-order valence-electron chi connectivity index (χ2n) is 4.26. The molecule has 0 bridgehead atoms. The molecule has 2 aromatic heterocycles. The third-order valence-corrected chi connectivity index (χ3v) is 2.85. The van der Waals surface area contributed by atoms with E-state index in [-0.39, 0.29) is 11.4 Å². The van der Waals surface area contributed by atoms with Crippen LogP contribution in [0.4, 0.5) is 19.0 Å². The number of aryl methyl sites for hydroxylation is 1. The molecule has 0 fully saturated rings. The fraction of sp³-hybridized carbons (Fsp3) is 0.143. The highest BCUT2D eigenvalue weighted by atomic mass is 19.4. The van der Waals surface area contributed by atoms with Crippen molar-refractivity contribution in [1.29, 1.82) is 0 Å². The first-order chi connectivity index (χ1) is 9.88. The highest BCUT2D eigenvalue weighted by molar-refractivity contribution is 6.07. The molecule has 0 unspecified atom stereocenters. The van der Waals surface area contributed by atoms with Crippen LogP contribution >= 0.6 is 0 Å². The fourth-order valence-corrected chi connectivity index (χ4v) is 1.90. The number of rotatable bonds is 3. The van der Waals surface area contributed by atoms with Gasteiger partial charge in [0.25, 0.3) is 0 Å². The van der Waals surface area contributed by atoms with Crippen molar-refractivity contribution in [3.05, 3.63) is 54.5 Å². The van der Waals surface area contributed by atoms with Gasteiger partial charge in [0.15, 0.2) is 5.71 Å². The van der Waals surface area contributed by atoms with E-state index in [0.29, 0.717) is 11.3 Å². The molecular weight excluding hydrogens is 281 g/mol. The Morgan fingerprint density at radius 2 is 2.14 bits per heavy atom. The van der Waals surface area contributed by atoms with E-state index in [1.165, 1.54) is 10.5 Å². The molecule has 0 aliphatic rings. The van der Waals surface area contributed by atoms with Crippen molar-refractivity contribution in [3.8, 4) is 0 Å². The van der Waals surface area contributed by atoms with Gasteiger partial charge < -0.3 is 5.73 Å². The number of aliphatic imine (C=N–C) groups is 1. The Balaban J connectivity index is 2.71. The van der Waals surface area contributed by atoms with Gasteiger partial charge in [-0.05, 0) is 19.1 Å². The van der Waals surface area contributed by atoms with E-state index in [4.69, 9.17) is 5.73 Å². The van der Waals surface area contributed by atoms with Gasteiger partial charge in [-0.25, -0.2) is 9.98 Å². The highest BCUT2D eigenvalue weighted by Crippen LogP contribution is 2.27. The maximum atomic E-state index is 13.2. The van der Waals surface area contributed by atoms with Crippen LogP contribution in [0.1, 0.15) is 5.69 Å². The molecule has 0 saturated carbocycles. The number of hydrogen-bond acceptors (Lipinski definition) is 3. The molecule has 0 radical (unpaired) electrons. The smallest absolute Gasteiger partial charge is 0.404 e. The SMILES string of the molecule is C=CC(=CN)C(=Nc1cccc2ncc(C)n12)C(F)(F)F. The molecular formula is C14H13F3N4. The van der Waals surface area contributed by atoms with Crippen LogP contribution in [0.2, 0.25) is 0 Å². The zero-order valence-corrected chi connectivity index (χ0v) is 11.2. The van der Waals surface area contributed by atoms with E-state index >= 15 is 0 Å². The van der Waals surface area contributed by atoms with Gasteiger partial charge in [0.2, 0.25) is 0 Å². The van der Waals surface area contributed by atoms with E-state index in [1.807, 2.05) is 0 Å². The topological polar surface area (TPSA) is 55.7 Å². The standard InChI is InChI=1S/C14H13F3N4/c1-3-10(7-18)13(14(15,16)17)20-12-6-4-5-11-19-8-9(2)21(11)12/h3-8H,1,18H2,2H3. The molecule has 4 nitrogen and oxygen atoms in total. The average molecular weight is 294 g/mol. The number of aromatic nitrogens is 2. The Bertz CT molecular complexity index is 738. The van der Waals surface area contributed by atoms with Crippen LogP contribution in [-0.2, 0) is 0 Å². The Labute approximate surface area is 119 Å². The number of fused-ring (bicyclic) bond motifs is 1. The van der Waals surface area contributed by atoms with Gasteiger partial charge in [-0.1, -0.05) is 18.7 Å². The molecule has 0 aliphatic carbocycles. The molecule has 110 valence electrons. The molecule has 0 spiro atoms. The van der Waals surface area contributed by atoms with Crippen molar-refractivity contribution in [2.45, 2.75) is 13.1 Å². The largest absolute Gasteiger partial charge is 0.434 e. The summed E-state index contributed by atoms with van der Waals surface area (Å²) in [6, 6.07) is 4.76. The van der Waals surface area contributed by atoms with Crippen molar-refractivity contribution in [2.24, 2.45) is 10.7 Å². The summed E-state index contributed by atoms with van der Waals surface area (Å²) in [6.07, 6.45) is -1.22. The van der Waals surface area contributed by atoms with Crippen LogP contribution in [-0.4, -0.2) is 21.3 Å². The zero-order chi connectivity index (χ0) is 15.6. The van der Waals surface area contributed by atoms with Crippen LogP contribution in [0, 0.1) is 6.92 Å². The second-order valence-corrected chi connectivity index (χ2v) is 4.26. The number of hydrogen-bond donors (Lipinski definition) is 1.